The molecule has 2 aromatic carbocycles. The zero-order valence-electron chi connectivity index (χ0n) is 18.9. The van der Waals surface area contributed by atoms with Gasteiger partial charge in [0.15, 0.2) is 5.17 Å². The van der Waals surface area contributed by atoms with Gasteiger partial charge in [0.25, 0.3) is 5.91 Å². The molecule has 2 aliphatic rings. The van der Waals surface area contributed by atoms with Gasteiger partial charge in [-0.05, 0) is 48.9 Å². The quantitative estimate of drug-likeness (QED) is 0.393. The summed E-state index contributed by atoms with van der Waals surface area (Å²) in [4.78, 5) is 33.0. The lowest BCUT2D eigenvalue weighted by Crippen LogP contribution is -2.31. The first-order valence-electron chi connectivity index (χ1n) is 11.3. The zero-order valence-corrected chi connectivity index (χ0v) is 19.8. The molecule has 0 spiro atoms. The molecule has 2 heterocycles. The average molecular weight is 475 g/mol. The molecule has 7 nitrogen and oxygen atoms in total. The number of methoxy groups -OCH3 is 1. The summed E-state index contributed by atoms with van der Waals surface area (Å²) in [5, 5.41) is 4.59. The molecule has 0 bridgehead atoms. The molecule has 174 valence electrons. The largest absolute Gasteiger partial charge is 0.383 e. The van der Waals surface area contributed by atoms with Gasteiger partial charge in [0.05, 0.1) is 17.2 Å². The summed E-state index contributed by atoms with van der Waals surface area (Å²) in [5.41, 5.74) is 2.69. The van der Waals surface area contributed by atoms with Crippen LogP contribution in [0.2, 0.25) is 0 Å². The Kier molecular flexibility index (Phi) is 6.51. The lowest BCUT2D eigenvalue weighted by Gasteiger charge is -2.13. The van der Waals surface area contributed by atoms with E-state index in [-0.39, 0.29) is 24.4 Å². The zero-order chi connectivity index (χ0) is 23.5. The molecule has 1 aliphatic heterocycles. The molecule has 0 unspecified atom stereocenters. The highest BCUT2D eigenvalue weighted by atomic mass is 32.2. The summed E-state index contributed by atoms with van der Waals surface area (Å²) in [6.07, 6.45) is 5.88. The van der Waals surface area contributed by atoms with Gasteiger partial charge in [-0.2, -0.15) is 0 Å². The maximum absolute atomic E-state index is 13.3. The predicted octanol–water partition coefficient (Wildman–Crippen LogP) is 4.17. The molecular formula is C26H26N4O3S. The molecule has 1 saturated carbocycles. The molecule has 2 amide bonds. The number of aliphatic imine (C=N–C) groups is 1. The van der Waals surface area contributed by atoms with Gasteiger partial charge in [0.2, 0.25) is 5.91 Å². The number of benzene rings is 2. The van der Waals surface area contributed by atoms with Gasteiger partial charge in [-0.15, -0.1) is 0 Å². The topological polar surface area (TPSA) is 75.9 Å². The molecule has 1 aromatic heterocycles. The van der Waals surface area contributed by atoms with Crippen molar-refractivity contribution >= 4 is 51.4 Å². The van der Waals surface area contributed by atoms with Crippen LogP contribution in [0.5, 0.6) is 0 Å². The highest BCUT2D eigenvalue weighted by Crippen LogP contribution is 2.41. The summed E-state index contributed by atoms with van der Waals surface area (Å²) in [7, 11) is 1.61. The summed E-state index contributed by atoms with van der Waals surface area (Å²) >= 11 is 1.42. The van der Waals surface area contributed by atoms with E-state index in [0.29, 0.717) is 18.1 Å². The van der Waals surface area contributed by atoms with Crippen molar-refractivity contribution in [2.75, 3.05) is 20.3 Å². The third kappa shape index (κ3) is 4.78. The van der Waals surface area contributed by atoms with Crippen LogP contribution in [0.15, 0.2) is 70.7 Å². The van der Waals surface area contributed by atoms with Crippen molar-refractivity contribution in [1.29, 1.82) is 0 Å². The van der Waals surface area contributed by atoms with Crippen LogP contribution in [0.3, 0.4) is 0 Å². The number of nitrogens with zero attached hydrogens (tertiary/aromatic N) is 3. The number of nitrogens with one attached hydrogen (secondary N) is 1. The number of thioether (sulfide) groups is 1. The minimum atomic E-state index is -0.0829. The fourth-order valence-corrected chi connectivity index (χ4v) is 5.05. The van der Waals surface area contributed by atoms with Gasteiger partial charge in [-0.25, -0.2) is 4.99 Å². The Bertz CT molecular complexity index is 1280. The number of amides is 2. The number of carbonyl (C=O) groups is 2. The molecule has 2 fully saturated rings. The minimum absolute atomic E-state index is 0.00341. The maximum atomic E-state index is 13.3. The van der Waals surface area contributed by atoms with E-state index in [2.05, 4.69) is 5.32 Å². The van der Waals surface area contributed by atoms with Crippen molar-refractivity contribution in [3.63, 3.8) is 0 Å². The first-order valence-corrected chi connectivity index (χ1v) is 12.2. The molecule has 3 aromatic rings. The van der Waals surface area contributed by atoms with E-state index < -0.39 is 0 Å². The second-order valence-electron chi connectivity index (χ2n) is 8.32. The van der Waals surface area contributed by atoms with Crippen LogP contribution in [0.25, 0.3) is 17.0 Å². The van der Waals surface area contributed by atoms with Crippen LogP contribution >= 0.6 is 11.8 Å². The number of ether oxygens (including phenoxy) is 1. The summed E-state index contributed by atoms with van der Waals surface area (Å²) in [5.74, 6) is -0.0863. The fourth-order valence-electron chi connectivity index (χ4n) is 4.00. The van der Waals surface area contributed by atoms with Gasteiger partial charge >= 0.3 is 0 Å². The highest BCUT2D eigenvalue weighted by Gasteiger charge is 2.43. The summed E-state index contributed by atoms with van der Waals surface area (Å²) in [6, 6.07) is 17.9. The van der Waals surface area contributed by atoms with E-state index in [4.69, 9.17) is 9.73 Å². The van der Waals surface area contributed by atoms with Crippen molar-refractivity contribution in [2.45, 2.75) is 25.4 Å². The Labute approximate surface area is 202 Å². The Morgan fingerprint density at radius 1 is 1.18 bits per heavy atom. The molecule has 1 saturated heterocycles. The standard InChI is InChI=1S/C26H26N4O3S/c1-33-14-13-27-24(31)17-29-16-18(21-9-5-6-10-22(21)29)15-23-25(32)30(20-11-12-20)26(34-23)28-19-7-3-2-4-8-19/h2-10,15-16,20H,11-14,17H2,1H3,(H,27,31)/b23-15-,28-26?. The van der Waals surface area contributed by atoms with Crippen LogP contribution in [0.1, 0.15) is 18.4 Å². The Morgan fingerprint density at radius 3 is 2.71 bits per heavy atom. The van der Waals surface area contributed by atoms with Crippen LogP contribution in [0.4, 0.5) is 5.69 Å². The van der Waals surface area contributed by atoms with Crippen LogP contribution in [-0.4, -0.2) is 52.8 Å². The van der Waals surface area contributed by atoms with Gasteiger partial charge in [0.1, 0.15) is 6.54 Å². The number of rotatable bonds is 8. The normalized spacial score (nSPS) is 18.4. The molecule has 1 N–H and O–H groups in total. The molecule has 0 radical (unpaired) electrons. The van der Waals surface area contributed by atoms with Crippen molar-refractivity contribution in [3.05, 3.63) is 71.3 Å². The number of amidine groups is 1. The summed E-state index contributed by atoms with van der Waals surface area (Å²) in [6.45, 7) is 1.14. The van der Waals surface area contributed by atoms with E-state index in [9.17, 15) is 9.59 Å². The molecule has 34 heavy (non-hydrogen) atoms. The monoisotopic (exact) mass is 474 g/mol. The second-order valence-corrected chi connectivity index (χ2v) is 9.33. The van der Waals surface area contributed by atoms with Crippen molar-refractivity contribution in [2.24, 2.45) is 4.99 Å². The van der Waals surface area contributed by atoms with E-state index in [1.807, 2.05) is 76.3 Å². The van der Waals surface area contributed by atoms with E-state index in [1.54, 1.807) is 7.11 Å². The van der Waals surface area contributed by atoms with E-state index in [1.165, 1.54) is 11.8 Å². The third-order valence-electron chi connectivity index (χ3n) is 5.78. The fraction of sp³-hybridized carbons (Fsp3) is 0.269. The van der Waals surface area contributed by atoms with Crippen molar-refractivity contribution < 1.29 is 14.3 Å². The highest BCUT2D eigenvalue weighted by molar-refractivity contribution is 8.18. The Hall–Kier alpha value is -3.36. The third-order valence-corrected chi connectivity index (χ3v) is 6.76. The van der Waals surface area contributed by atoms with E-state index in [0.717, 1.165) is 40.2 Å². The minimum Gasteiger partial charge on any atom is -0.383 e. The SMILES string of the molecule is COCCNC(=O)Cn1cc(/C=C2\SC(=Nc3ccccc3)N(C3CC3)C2=O)c2ccccc21. The van der Waals surface area contributed by atoms with Crippen LogP contribution in [-0.2, 0) is 20.9 Å². The Morgan fingerprint density at radius 2 is 1.94 bits per heavy atom. The van der Waals surface area contributed by atoms with Gasteiger partial charge in [-0.1, -0.05) is 36.4 Å². The number of hydrogen-bond donors (Lipinski definition) is 1. The first-order chi connectivity index (χ1) is 16.6. The summed E-state index contributed by atoms with van der Waals surface area (Å²) < 4.78 is 6.92. The number of fused-ring (bicyclic) bond motifs is 1. The lowest BCUT2D eigenvalue weighted by molar-refractivity contribution is -0.123. The molecule has 5 rings (SSSR count). The van der Waals surface area contributed by atoms with Crippen LogP contribution < -0.4 is 5.32 Å². The maximum Gasteiger partial charge on any atom is 0.267 e. The van der Waals surface area contributed by atoms with Gasteiger partial charge in [0, 0.05) is 42.4 Å². The lowest BCUT2D eigenvalue weighted by atomic mass is 10.1. The number of hydrogen-bond acceptors (Lipinski definition) is 5. The molecule has 1 aliphatic carbocycles. The predicted molar refractivity (Wildman–Crippen MR) is 136 cm³/mol. The van der Waals surface area contributed by atoms with E-state index >= 15 is 0 Å². The number of aromatic nitrogens is 1. The second kappa shape index (κ2) is 9.87. The van der Waals surface area contributed by atoms with Gasteiger partial charge < -0.3 is 14.6 Å². The Balaban J connectivity index is 1.45. The first kappa shape index (κ1) is 22.4. The molecule has 8 heteroatoms. The molecular weight excluding hydrogens is 448 g/mol. The van der Waals surface area contributed by atoms with Gasteiger partial charge in [-0.3, -0.25) is 14.5 Å². The van der Waals surface area contributed by atoms with Crippen molar-refractivity contribution in [1.82, 2.24) is 14.8 Å². The molecule has 0 atom stereocenters. The number of para-hydroxylation sites is 2. The smallest absolute Gasteiger partial charge is 0.267 e. The number of carbonyl (C=O) groups excluding carboxylic acids is 2. The van der Waals surface area contributed by atoms with Crippen LogP contribution in [0, 0.1) is 0 Å². The van der Waals surface area contributed by atoms with Crippen molar-refractivity contribution in [3.8, 4) is 0 Å². The average Bonchev–Trinajstić information content (AvgIpc) is 3.56.